The topological polar surface area (TPSA) is 61.5 Å². The SMILES string of the molecule is Cc1noc(C)c1CN1CCN(c2ccc(N(C)C)nn2)CC1. The molecule has 0 atom stereocenters. The first kappa shape index (κ1) is 15.7. The fourth-order valence-corrected chi connectivity index (χ4v) is 2.81. The number of piperazine rings is 1. The predicted octanol–water partition coefficient (Wildman–Crippen LogP) is 1.47. The van der Waals surface area contributed by atoms with Gasteiger partial charge in [0.1, 0.15) is 5.76 Å². The first-order chi connectivity index (χ1) is 11.0. The van der Waals surface area contributed by atoms with Crippen LogP contribution in [-0.2, 0) is 6.54 Å². The highest BCUT2D eigenvalue weighted by atomic mass is 16.5. The van der Waals surface area contributed by atoms with Gasteiger partial charge >= 0.3 is 0 Å². The maximum Gasteiger partial charge on any atom is 0.151 e. The molecule has 23 heavy (non-hydrogen) atoms. The molecule has 0 aromatic carbocycles. The summed E-state index contributed by atoms with van der Waals surface area (Å²) in [6.07, 6.45) is 0. The Morgan fingerprint density at radius 1 is 1.09 bits per heavy atom. The molecule has 3 rings (SSSR count). The minimum absolute atomic E-state index is 0.880. The number of hydrogen-bond donors (Lipinski definition) is 0. The number of anilines is 2. The first-order valence-electron chi connectivity index (χ1n) is 7.94. The Kier molecular flexibility index (Phi) is 4.47. The van der Waals surface area contributed by atoms with E-state index in [1.165, 1.54) is 5.56 Å². The van der Waals surface area contributed by atoms with Gasteiger partial charge in [-0.05, 0) is 26.0 Å². The summed E-state index contributed by atoms with van der Waals surface area (Å²) >= 11 is 0. The number of rotatable bonds is 4. The zero-order valence-corrected chi connectivity index (χ0v) is 14.3. The molecule has 0 aliphatic carbocycles. The van der Waals surface area contributed by atoms with Crippen molar-refractivity contribution >= 4 is 11.6 Å². The molecule has 1 saturated heterocycles. The second-order valence-corrected chi connectivity index (χ2v) is 6.21. The van der Waals surface area contributed by atoms with Crippen molar-refractivity contribution in [1.29, 1.82) is 0 Å². The number of aryl methyl sites for hydroxylation is 2. The van der Waals surface area contributed by atoms with E-state index in [2.05, 4.69) is 25.2 Å². The highest BCUT2D eigenvalue weighted by Gasteiger charge is 2.21. The van der Waals surface area contributed by atoms with Crippen molar-refractivity contribution in [3.05, 3.63) is 29.2 Å². The molecule has 2 aromatic rings. The zero-order valence-electron chi connectivity index (χ0n) is 14.3. The third-order valence-electron chi connectivity index (χ3n) is 4.35. The fourth-order valence-electron chi connectivity index (χ4n) is 2.81. The molecular formula is C16H24N6O. The van der Waals surface area contributed by atoms with Crippen molar-refractivity contribution in [2.75, 3.05) is 50.1 Å². The van der Waals surface area contributed by atoms with E-state index >= 15 is 0 Å². The Morgan fingerprint density at radius 2 is 1.83 bits per heavy atom. The van der Waals surface area contributed by atoms with Crippen molar-refractivity contribution in [3.8, 4) is 0 Å². The van der Waals surface area contributed by atoms with Gasteiger partial charge in [-0.3, -0.25) is 4.90 Å². The van der Waals surface area contributed by atoms with E-state index in [-0.39, 0.29) is 0 Å². The molecule has 124 valence electrons. The predicted molar refractivity (Wildman–Crippen MR) is 89.8 cm³/mol. The molecule has 0 bridgehead atoms. The van der Waals surface area contributed by atoms with Crippen LogP contribution in [0.1, 0.15) is 17.0 Å². The van der Waals surface area contributed by atoms with E-state index < -0.39 is 0 Å². The van der Waals surface area contributed by atoms with Crippen molar-refractivity contribution in [1.82, 2.24) is 20.3 Å². The van der Waals surface area contributed by atoms with E-state index in [9.17, 15) is 0 Å². The molecule has 7 nitrogen and oxygen atoms in total. The van der Waals surface area contributed by atoms with Gasteiger partial charge in [0.15, 0.2) is 11.6 Å². The standard InChI is InChI=1S/C16H24N6O/c1-12-14(13(2)23-19-12)11-21-7-9-22(10-8-21)16-6-5-15(17-18-16)20(3)4/h5-6H,7-11H2,1-4H3. The van der Waals surface area contributed by atoms with Crippen LogP contribution in [0.5, 0.6) is 0 Å². The van der Waals surface area contributed by atoms with Crippen molar-refractivity contribution in [2.45, 2.75) is 20.4 Å². The summed E-state index contributed by atoms with van der Waals surface area (Å²) in [5, 5.41) is 12.6. The smallest absolute Gasteiger partial charge is 0.151 e. The number of aromatic nitrogens is 3. The molecule has 0 N–H and O–H groups in total. The number of nitrogens with zero attached hydrogens (tertiary/aromatic N) is 6. The molecule has 0 radical (unpaired) electrons. The Morgan fingerprint density at radius 3 is 2.35 bits per heavy atom. The molecule has 3 heterocycles. The second kappa shape index (κ2) is 6.54. The van der Waals surface area contributed by atoms with Crippen LogP contribution in [0, 0.1) is 13.8 Å². The summed E-state index contributed by atoms with van der Waals surface area (Å²) < 4.78 is 5.25. The monoisotopic (exact) mass is 316 g/mol. The lowest BCUT2D eigenvalue weighted by molar-refractivity contribution is 0.247. The van der Waals surface area contributed by atoms with Crippen molar-refractivity contribution < 1.29 is 4.52 Å². The van der Waals surface area contributed by atoms with Crippen LogP contribution in [0.2, 0.25) is 0 Å². The Balaban J connectivity index is 1.58. The van der Waals surface area contributed by atoms with E-state index in [0.29, 0.717) is 0 Å². The summed E-state index contributed by atoms with van der Waals surface area (Å²) in [4.78, 5) is 6.68. The lowest BCUT2D eigenvalue weighted by Gasteiger charge is -2.35. The van der Waals surface area contributed by atoms with Crippen molar-refractivity contribution in [3.63, 3.8) is 0 Å². The summed E-state index contributed by atoms with van der Waals surface area (Å²) in [6, 6.07) is 4.06. The molecular weight excluding hydrogens is 292 g/mol. The van der Waals surface area contributed by atoms with Crippen LogP contribution in [-0.4, -0.2) is 60.5 Å². The summed E-state index contributed by atoms with van der Waals surface area (Å²) in [7, 11) is 3.94. The summed E-state index contributed by atoms with van der Waals surface area (Å²) in [6.45, 7) is 8.80. The summed E-state index contributed by atoms with van der Waals surface area (Å²) in [5.41, 5.74) is 2.21. The van der Waals surface area contributed by atoms with Crippen LogP contribution in [0.3, 0.4) is 0 Å². The van der Waals surface area contributed by atoms with Crippen LogP contribution in [0.15, 0.2) is 16.7 Å². The highest BCUT2D eigenvalue weighted by molar-refractivity contribution is 5.44. The lowest BCUT2D eigenvalue weighted by atomic mass is 10.2. The average Bonchev–Trinajstić information content (AvgIpc) is 2.87. The Hall–Kier alpha value is -2.15. The van der Waals surface area contributed by atoms with Gasteiger partial charge in [-0.25, -0.2) is 0 Å². The minimum Gasteiger partial charge on any atom is -0.361 e. The fraction of sp³-hybridized carbons (Fsp3) is 0.562. The third-order valence-corrected chi connectivity index (χ3v) is 4.35. The van der Waals surface area contributed by atoms with Gasteiger partial charge in [-0.1, -0.05) is 5.16 Å². The van der Waals surface area contributed by atoms with Gasteiger partial charge in [-0.15, -0.1) is 10.2 Å². The van der Waals surface area contributed by atoms with Crippen molar-refractivity contribution in [2.24, 2.45) is 0 Å². The first-order valence-corrected chi connectivity index (χ1v) is 7.94. The largest absolute Gasteiger partial charge is 0.361 e. The third kappa shape index (κ3) is 3.44. The van der Waals surface area contributed by atoms with Gasteiger partial charge in [0.2, 0.25) is 0 Å². The van der Waals surface area contributed by atoms with Gasteiger partial charge in [0.05, 0.1) is 5.69 Å². The highest BCUT2D eigenvalue weighted by Crippen LogP contribution is 2.19. The molecule has 2 aromatic heterocycles. The van der Waals surface area contributed by atoms with Gasteiger partial charge in [-0.2, -0.15) is 0 Å². The molecule has 1 aliphatic heterocycles. The van der Waals surface area contributed by atoms with E-state index in [1.807, 2.05) is 45.0 Å². The van der Waals surface area contributed by atoms with E-state index in [1.54, 1.807) is 0 Å². The Bertz CT molecular complexity index is 624. The summed E-state index contributed by atoms with van der Waals surface area (Å²) in [5.74, 6) is 2.76. The van der Waals surface area contributed by atoms with E-state index in [4.69, 9.17) is 4.52 Å². The maximum atomic E-state index is 5.25. The average molecular weight is 316 g/mol. The molecule has 1 fully saturated rings. The second-order valence-electron chi connectivity index (χ2n) is 6.21. The van der Waals surface area contributed by atoms with Gasteiger partial charge in [0.25, 0.3) is 0 Å². The van der Waals surface area contributed by atoms with Crippen LogP contribution < -0.4 is 9.80 Å². The van der Waals surface area contributed by atoms with Crippen LogP contribution in [0.4, 0.5) is 11.6 Å². The zero-order chi connectivity index (χ0) is 16.4. The van der Waals surface area contributed by atoms with Gasteiger partial charge in [0, 0.05) is 52.4 Å². The maximum absolute atomic E-state index is 5.25. The molecule has 0 saturated carbocycles. The van der Waals surface area contributed by atoms with Crippen LogP contribution in [0.25, 0.3) is 0 Å². The van der Waals surface area contributed by atoms with E-state index in [0.717, 1.165) is 55.8 Å². The Labute approximate surface area is 136 Å². The number of hydrogen-bond acceptors (Lipinski definition) is 7. The lowest BCUT2D eigenvalue weighted by Crippen LogP contribution is -2.46. The molecule has 0 spiro atoms. The molecule has 0 amide bonds. The van der Waals surface area contributed by atoms with Crippen LogP contribution >= 0.6 is 0 Å². The quantitative estimate of drug-likeness (QED) is 0.846. The molecule has 7 heteroatoms. The molecule has 0 unspecified atom stereocenters. The van der Waals surface area contributed by atoms with Gasteiger partial charge < -0.3 is 14.3 Å². The minimum atomic E-state index is 0.880. The molecule has 1 aliphatic rings. The normalized spacial score (nSPS) is 15.9.